The number of hydrogen-bond donors (Lipinski definition) is 1. The molecule has 4 rings (SSSR count). The molecule has 3 aromatic rings. The molecule has 1 aliphatic heterocycles. The average molecular weight is 391 g/mol. The van der Waals surface area contributed by atoms with Crippen LogP contribution in [0.4, 0.5) is 9.18 Å². The molecule has 29 heavy (non-hydrogen) atoms. The van der Waals surface area contributed by atoms with E-state index >= 15 is 0 Å². The second-order valence-corrected chi connectivity index (χ2v) is 6.60. The van der Waals surface area contributed by atoms with Crippen LogP contribution in [-0.4, -0.2) is 23.2 Å². The molecule has 1 aromatic heterocycles. The number of rotatable bonds is 5. The zero-order valence-electron chi connectivity index (χ0n) is 15.6. The number of carbonyl (C=O) groups excluding carboxylic acids is 2. The number of furan rings is 1. The number of hydrogen-bond acceptors (Lipinski definition) is 4. The van der Waals surface area contributed by atoms with E-state index in [4.69, 9.17) is 4.42 Å². The summed E-state index contributed by atoms with van der Waals surface area (Å²) >= 11 is 0. The van der Waals surface area contributed by atoms with Gasteiger partial charge < -0.3 is 9.73 Å². The van der Waals surface area contributed by atoms with E-state index in [1.807, 2.05) is 25.1 Å². The van der Waals surface area contributed by atoms with Crippen LogP contribution in [-0.2, 0) is 10.3 Å². The van der Waals surface area contributed by atoms with E-state index in [1.54, 1.807) is 42.5 Å². The van der Waals surface area contributed by atoms with Gasteiger partial charge in [-0.3, -0.25) is 4.79 Å². The zero-order valence-corrected chi connectivity index (χ0v) is 15.6. The third kappa shape index (κ3) is 3.20. The number of nitrogens with zero attached hydrogens (tertiary/aromatic N) is 2. The molecule has 0 spiro atoms. The highest BCUT2D eigenvalue weighted by Crippen LogP contribution is 2.32. The van der Waals surface area contributed by atoms with Crippen molar-refractivity contribution < 1.29 is 18.4 Å². The van der Waals surface area contributed by atoms with Crippen molar-refractivity contribution in [2.24, 2.45) is 5.10 Å². The van der Waals surface area contributed by atoms with E-state index in [0.29, 0.717) is 23.3 Å². The number of amides is 3. The molecule has 1 fully saturated rings. The second kappa shape index (κ2) is 7.35. The van der Waals surface area contributed by atoms with Gasteiger partial charge in [0.25, 0.3) is 5.91 Å². The fourth-order valence-corrected chi connectivity index (χ4v) is 3.37. The molecule has 0 saturated carbocycles. The van der Waals surface area contributed by atoms with E-state index in [9.17, 15) is 14.0 Å². The predicted octanol–water partition coefficient (Wildman–Crippen LogP) is 4.28. The minimum atomic E-state index is -1.16. The lowest BCUT2D eigenvalue weighted by molar-refractivity contribution is -0.131. The number of carbonyl (C=O) groups is 2. The van der Waals surface area contributed by atoms with Crippen molar-refractivity contribution in [2.45, 2.75) is 18.9 Å². The molecule has 1 N–H and O–H groups in total. The van der Waals surface area contributed by atoms with E-state index in [2.05, 4.69) is 10.4 Å². The number of benzene rings is 2. The largest absolute Gasteiger partial charge is 0.455 e. The third-order valence-corrected chi connectivity index (χ3v) is 4.93. The van der Waals surface area contributed by atoms with Crippen molar-refractivity contribution in [1.82, 2.24) is 10.3 Å². The number of imide groups is 1. The first kappa shape index (κ1) is 18.6. The standard InChI is InChI=1S/C22H18FN3O3/c1-2-22(15-8-4-3-5-9-15)20(27)26(21(28)25-22)24-14-16-12-13-19(29-16)17-10-6-7-11-18(17)23/h3-14H,2H2,1H3,(H,25,28)/b24-14-/t22-/m1/s1. The number of urea groups is 1. The molecular weight excluding hydrogens is 373 g/mol. The van der Waals surface area contributed by atoms with Crippen LogP contribution in [0, 0.1) is 5.82 Å². The van der Waals surface area contributed by atoms with Gasteiger partial charge in [0.05, 0.1) is 11.8 Å². The third-order valence-electron chi connectivity index (χ3n) is 4.93. The maximum absolute atomic E-state index is 13.9. The van der Waals surface area contributed by atoms with Gasteiger partial charge in [0, 0.05) is 0 Å². The van der Waals surface area contributed by atoms with Gasteiger partial charge in [-0.1, -0.05) is 49.4 Å². The van der Waals surface area contributed by atoms with Crippen LogP contribution in [0.2, 0.25) is 0 Å². The van der Waals surface area contributed by atoms with Gasteiger partial charge >= 0.3 is 6.03 Å². The number of halogens is 1. The van der Waals surface area contributed by atoms with Crippen LogP contribution in [0.25, 0.3) is 11.3 Å². The van der Waals surface area contributed by atoms with Crippen molar-refractivity contribution in [3.8, 4) is 11.3 Å². The maximum Gasteiger partial charge on any atom is 0.346 e. The molecule has 146 valence electrons. The summed E-state index contributed by atoms with van der Waals surface area (Å²) in [5, 5.41) is 7.56. The highest BCUT2D eigenvalue weighted by atomic mass is 19.1. The molecule has 7 heteroatoms. The Morgan fingerprint density at radius 2 is 1.79 bits per heavy atom. The Morgan fingerprint density at radius 1 is 1.07 bits per heavy atom. The minimum Gasteiger partial charge on any atom is -0.455 e. The van der Waals surface area contributed by atoms with Crippen molar-refractivity contribution >= 4 is 18.2 Å². The maximum atomic E-state index is 13.9. The van der Waals surface area contributed by atoms with Gasteiger partial charge in [-0.25, -0.2) is 9.18 Å². The van der Waals surface area contributed by atoms with Crippen LogP contribution >= 0.6 is 0 Å². The predicted molar refractivity (Wildman–Crippen MR) is 105 cm³/mol. The van der Waals surface area contributed by atoms with Crippen molar-refractivity contribution in [3.63, 3.8) is 0 Å². The molecule has 3 amide bonds. The monoisotopic (exact) mass is 391 g/mol. The van der Waals surface area contributed by atoms with E-state index in [-0.39, 0.29) is 5.76 Å². The highest BCUT2D eigenvalue weighted by molar-refractivity contribution is 6.07. The lowest BCUT2D eigenvalue weighted by Gasteiger charge is -2.24. The first-order valence-electron chi connectivity index (χ1n) is 9.16. The van der Waals surface area contributed by atoms with Gasteiger partial charge in [0.1, 0.15) is 22.9 Å². The van der Waals surface area contributed by atoms with E-state index in [1.165, 1.54) is 12.3 Å². The first-order valence-corrected chi connectivity index (χ1v) is 9.16. The quantitative estimate of drug-likeness (QED) is 0.521. The summed E-state index contributed by atoms with van der Waals surface area (Å²) in [5.74, 6) is -0.255. The molecule has 0 radical (unpaired) electrons. The van der Waals surface area contributed by atoms with Crippen LogP contribution in [0.5, 0.6) is 0 Å². The zero-order chi connectivity index (χ0) is 20.4. The SMILES string of the molecule is CC[C@]1(c2ccccc2)NC(=O)N(/N=C\c2ccc(-c3ccccc3F)o2)C1=O. The van der Waals surface area contributed by atoms with Crippen LogP contribution in [0.15, 0.2) is 76.2 Å². The van der Waals surface area contributed by atoms with Gasteiger partial charge in [-0.15, -0.1) is 5.01 Å². The number of nitrogens with one attached hydrogen (secondary N) is 1. The molecule has 1 saturated heterocycles. The van der Waals surface area contributed by atoms with Crippen molar-refractivity contribution in [3.05, 3.63) is 83.9 Å². The fraction of sp³-hybridized carbons (Fsp3) is 0.136. The van der Waals surface area contributed by atoms with Crippen LogP contribution < -0.4 is 5.32 Å². The van der Waals surface area contributed by atoms with E-state index in [0.717, 1.165) is 5.01 Å². The summed E-state index contributed by atoms with van der Waals surface area (Å²) in [7, 11) is 0. The summed E-state index contributed by atoms with van der Waals surface area (Å²) in [5.41, 5.74) is -0.147. The normalized spacial score (nSPS) is 19.2. The highest BCUT2D eigenvalue weighted by Gasteiger charge is 2.51. The molecule has 0 unspecified atom stereocenters. The Labute approximate surface area is 166 Å². The lowest BCUT2D eigenvalue weighted by atomic mass is 9.87. The average Bonchev–Trinajstić information content (AvgIpc) is 3.30. The molecule has 2 heterocycles. The molecule has 6 nitrogen and oxygen atoms in total. The van der Waals surface area contributed by atoms with Crippen molar-refractivity contribution in [1.29, 1.82) is 0 Å². The van der Waals surface area contributed by atoms with Crippen LogP contribution in [0.3, 0.4) is 0 Å². The molecule has 0 aliphatic carbocycles. The summed E-state index contributed by atoms with van der Waals surface area (Å²) in [6.07, 6.45) is 1.64. The van der Waals surface area contributed by atoms with Gasteiger partial charge in [-0.05, 0) is 36.2 Å². The summed E-state index contributed by atoms with van der Waals surface area (Å²) in [4.78, 5) is 25.4. The molecule has 2 aromatic carbocycles. The van der Waals surface area contributed by atoms with E-state index < -0.39 is 23.3 Å². The minimum absolute atomic E-state index is 0.289. The Balaban J connectivity index is 1.59. The lowest BCUT2D eigenvalue weighted by Crippen LogP contribution is -2.43. The Kier molecular flexibility index (Phi) is 4.72. The molecule has 1 atom stereocenters. The van der Waals surface area contributed by atoms with Gasteiger partial charge in [0.15, 0.2) is 0 Å². The van der Waals surface area contributed by atoms with Crippen molar-refractivity contribution in [2.75, 3.05) is 0 Å². The second-order valence-electron chi connectivity index (χ2n) is 6.60. The molecule has 1 aliphatic rings. The number of hydrazone groups is 1. The Bertz CT molecular complexity index is 1090. The summed E-state index contributed by atoms with van der Waals surface area (Å²) in [6.45, 7) is 1.83. The first-order chi connectivity index (χ1) is 14.0. The topological polar surface area (TPSA) is 74.9 Å². The fourth-order valence-electron chi connectivity index (χ4n) is 3.37. The summed E-state index contributed by atoms with van der Waals surface area (Å²) < 4.78 is 19.5. The Hall–Kier alpha value is -3.74. The summed E-state index contributed by atoms with van der Waals surface area (Å²) in [6, 6.07) is 17.9. The Morgan fingerprint density at radius 3 is 2.52 bits per heavy atom. The molecular formula is C22H18FN3O3. The van der Waals surface area contributed by atoms with Gasteiger partial charge in [0.2, 0.25) is 0 Å². The van der Waals surface area contributed by atoms with Crippen LogP contribution in [0.1, 0.15) is 24.7 Å². The smallest absolute Gasteiger partial charge is 0.346 e. The molecule has 0 bridgehead atoms. The van der Waals surface area contributed by atoms with Gasteiger partial charge in [-0.2, -0.15) is 5.10 Å².